The fraction of sp³-hybridized carbons (Fsp3) is 0.917. The van der Waals surface area contributed by atoms with Crippen LogP contribution >= 0.6 is 0 Å². The van der Waals surface area contributed by atoms with Crippen LogP contribution in [-0.4, -0.2) is 96.2 Å². The molecule has 3 amide bonds. The monoisotopic (exact) mass is 436 g/mol. The maximum absolute atomic E-state index is 13.1. The Hall–Kier alpha value is -1.50. The van der Waals surface area contributed by atoms with Crippen molar-refractivity contribution in [1.29, 1.82) is 0 Å². The van der Waals surface area contributed by atoms with E-state index in [-0.39, 0.29) is 18.2 Å². The molecule has 0 N–H and O–H groups in total. The zero-order valence-electron chi connectivity index (χ0n) is 20.4. The molecule has 2 atom stereocenters. The summed E-state index contributed by atoms with van der Waals surface area (Å²) in [4.78, 5) is 33.5. The van der Waals surface area contributed by atoms with Crippen molar-refractivity contribution >= 4 is 12.1 Å². The van der Waals surface area contributed by atoms with E-state index in [1.165, 1.54) is 45.1 Å². The number of likely N-dealkylation sites (tertiary alicyclic amines) is 2. The van der Waals surface area contributed by atoms with Crippen molar-refractivity contribution in [2.45, 2.75) is 89.8 Å². The number of ether oxygens (including phenoxy) is 1. The molecule has 3 rings (SSSR count). The first-order chi connectivity index (χ1) is 14.6. The molecule has 0 unspecified atom stereocenters. The average Bonchev–Trinajstić information content (AvgIpc) is 3.46. The molecule has 3 fully saturated rings. The molecule has 1 aliphatic carbocycles. The van der Waals surface area contributed by atoms with Gasteiger partial charge in [-0.15, -0.1) is 0 Å². The molecular formula is C24H44N4O3. The maximum Gasteiger partial charge on any atom is 0.410 e. The van der Waals surface area contributed by atoms with Gasteiger partial charge in [-0.1, -0.05) is 25.7 Å². The second-order valence-corrected chi connectivity index (χ2v) is 10.9. The lowest BCUT2D eigenvalue weighted by atomic mass is 10.0. The molecule has 0 bridgehead atoms. The molecule has 2 aliphatic heterocycles. The molecule has 7 heteroatoms. The highest BCUT2D eigenvalue weighted by Crippen LogP contribution is 2.29. The number of hydrogen-bond acceptors (Lipinski definition) is 4. The Labute approximate surface area is 189 Å². The highest BCUT2D eigenvalue weighted by Gasteiger charge is 2.36. The van der Waals surface area contributed by atoms with Crippen LogP contribution in [0.1, 0.15) is 72.1 Å². The number of urea groups is 1. The molecule has 178 valence electrons. The third kappa shape index (κ3) is 6.74. The Bertz CT molecular complexity index is 614. The highest BCUT2D eigenvalue weighted by atomic mass is 16.6. The van der Waals surface area contributed by atoms with Crippen LogP contribution in [0.25, 0.3) is 0 Å². The van der Waals surface area contributed by atoms with Crippen molar-refractivity contribution in [3.05, 3.63) is 0 Å². The van der Waals surface area contributed by atoms with Crippen LogP contribution in [0, 0.1) is 5.92 Å². The van der Waals surface area contributed by atoms with Crippen molar-refractivity contribution in [2.75, 3.05) is 46.8 Å². The molecule has 0 aromatic heterocycles. The standard InChI is InChI=1S/C24H44N4O3/c1-24(2,3)31-23(30)26(5)21-13-16-28(18-21)22(29)25(4)20-12-15-27(17-20)14-8-11-19-9-6-7-10-19/h19-21H,6-18H2,1-5H3/t20-,21+/m1/s1. The van der Waals surface area contributed by atoms with Crippen LogP contribution < -0.4 is 0 Å². The van der Waals surface area contributed by atoms with Gasteiger partial charge in [0, 0.05) is 46.3 Å². The Morgan fingerprint density at radius 1 is 0.935 bits per heavy atom. The Morgan fingerprint density at radius 2 is 1.58 bits per heavy atom. The second-order valence-electron chi connectivity index (χ2n) is 10.9. The predicted octanol–water partition coefficient (Wildman–Crippen LogP) is 4.02. The summed E-state index contributed by atoms with van der Waals surface area (Å²) in [5, 5.41) is 0. The Balaban J connectivity index is 1.40. The molecule has 3 aliphatic rings. The van der Waals surface area contributed by atoms with Crippen molar-refractivity contribution in [3.8, 4) is 0 Å². The van der Waals surface area contributed by atoms with E-state index in [9.17, 15) is 9.59 Å². The van der Waals surface area contributed by atoms with Gasteiger partial charge in [-0.05, 0) is 58.9 Å². The number of carbonyl (C=O) groups is 2. The van der Waals surface area contributed by atoms with Gasteiger partial charge in [0.05, 0.1) is 6.04 Å². The number of rotatable bonds is 6. The van der Waals surface area contributed by atoms with Crippen LogP contribution in [0.15, 0.2) is 0 Å². The van der Waals surface area contributed by atoms with E-state index in [1.54, 1.807) is 11.9 Å². The Kier molecular flexibility index (Phi) is 8.11. The van der Waals surface area contributed by atoms with E-state index in [0.29, 0.717) is 19.1 Å². The fourth-order valence-electron chi connectivity index (χ4n) is 5.33. The lowest BCUT2D eigenvalue weighted by molar-refractivity contribution is 0.0229. The van der Waals surface area contributed by atoms with E-state index in [4.69, 9.17) is 4.74 Å². The van der Waals surface area contributed by atoms with Crippen molar-refractivity contribution in [3.63, 3.8) is 0 Å². The third-order valence-corrected chi connectivity index (χ3v) is 7.32. The van der Waals surface area contributed by atoms with Crippen LogP contribution in [-0.2, 0) is 4.74 Å². The van der Waals surface area contributed by atoms with E-state index in [1.807, 2.05) is 37.6 Å². The summed E-state index contributed by atoms with van der Waals surface area (Å²) in [5.41, 5.74) is -0.509. The zero-order chi connectivity index (χ0) is 22.6. The minimum atomic E-state index is -0.509. The number of amides is 3. The number of likely N-dealkylation sites (N-methyl/N-ethyl adjacent to an activating group) is 2. The molecule has 0 spiro atoms. The molecule has 31 heavy (non-hydrogen) atoms. The van der Waals surface area contributed by atoms with Crippen LogP contribution in [0.2, 0.25) is 0 Å². The van der Waals surface area contributed by atoms with Crippen LogP contribution in [0.4, 0.5) is 9.59 Å². The largest absolute Gasteiger partial charge is 0.444 e. The van der Waals surface area contributed by atoms with Crippen molar-refractivity contribution in [2.24, 2.45) is 5.92 Å². The maximum atomic E-state index is 13.1. The van der Waals surface area contributed by atoms with Gasteiger partial charge in [-0.25, -0.2) is 9.59 Å². The first-order valence-corrected chi connectivity index (χ1v) is 12.3. The second kappa shape index (κ2) is 10.4. The van der Waals surface area contributed by atoms with E-state index in [2.05, 4.69) is 4.90 Å². The molecular weight excluding hydrogens is 392 g/mol. The molecule has 1 saturated carbocycles. The van der Waals surface area contributed by atoms with Gasteiger partial charge in [-0.3, -0.25) is 0 Å². The van der Waals surface area contributed by atoms with E-state index < -0.39 is 5.60 Å². The smallest absolute Gasteiger partial charge is 0.410 e. The van der Waals surface area contributed by atoms with E-state index >= 15 is 0 Å². The highest BCUT2D eigenvalue weighted by molar-refractivity contribution is 5.75. The molecule has 0 aromatic carbocycles. The first-order valence-electron chi connectivity index (χ1n) is 12.3. The number of nitrogens with zero attached hydrogens (tertiary/aromatic N) is 4. The van der Waals surface area contributed by atoms with Gasteiger partial charge < -0.3 is 24.3 Å². The molecule has 0 radical (unpaired) electrons. The quantitative estimate of drug-likeness (QED) is 0.631. The summed E-state index contributed by atoms with van der Waals surface area (Å²) in [6.07, 6.45) is 9.91. The SMILES string of the molecule is CN(C(=O)OC(C)(C)C)[C@H]1CCN(C(=O)N(C)[C@@H]2CCN(CCCC3CCCC3)C2)C1. The fourth-order valence-corrected chi connectivity index (χ4v) is 5.33. The molecule has 2 heterocycles. The van der Waals surface area contributed by atoms with Gasteiger partial charge in [0.2, 0.25) is 0 Å². The van der Waals surface area contributed by atoms with Gasteiger partial charge >= 0.3 is 12.1 Å². The van der Waals surface area contributed by atoms with Crippen LogP contribution in [0.5, 0.6) is 0 Å². The zero-order valence-corrected chi connectivity index (χ0v) is 20.4. The number of hydrogen-bond donors (Lipinski definition) is 0. The molecule has 2 saturated heterocycles. The summed E-state index contributed by atoms with van der Waals surface area (Å²) in [7, 11) is 3.72. The topological polar surface area (TPSA) is 56.3 Å². The molecule has 0 aromatic rings. The van der Waals surface area contributed by atoms with Gasteiger partial charge in [0.15, 0.2) is 0 Å². The normalized spacial score (nSPS) is 25.3. The van der Waals surface area contributed by atoms with Gasteiger partial charge in [0.1, 0.15) is 5.60 Å². The Morgan fingerprint density at radius 3 is 2.26 bits per heavy atom. The summed E-state index contributed by atoms with van der Waals surface area (Å²) in [6, 6.07) is 0.405. The summed E-state index contributed by atoms with van der Waals surface area (Å²) < 4.78 is 5.48. The van der Waals surface area contributed by atoms with Gasteiger partial charge in [-0.2, -0.15) is 0 Å². The first kappa shape index (κ1) is 24.1. The van der Waals surface area contributed by atoms with Crippen molar-refractivity contribution < 1.29 is 14.3 Å². The van der Waals surface area contributed by atoms with Crippen LogP contribution in [0.3, 0.4) is 0 Å². The minimum absolute atomic E-state index is 0.0165. The minimum Gasteiger partial charge on any atom is -0.444 e. The summed E-state index contributed by atoms with van der Waals surface area (Å²) >= 11 is 0. The number of carbonyl (C=O) groups excluding carboxylic acids is 2. The predicted molar refractivity (Wildman–Crippen MR) is 123 cm³/mol. The third-order valence-electron chi connectivity index (χ3n) is 7.32. The van der Waals surface area contributed by atoms with E-state index in [0.717, 1.165) is 31.8 Å². The lowest BCUT2D eigenvalue weighted by Crippen LogP contribution is -2.48. The van der Waals surface area contributed by atoms with Crippen molar-refractivity contribution in [1.82, 2.24) is 19.6 Å². The van der Waals surface area contributed by atoms with Gasteiger partial charge in [0.25, 0.3) is 0 Å². The summed E-state index contributed by atoms with van der Waals surface area (Å²) in [5.74, 6) is 0.963. The summed E-state index contributed by atoms with van der Waals surface area (Å²) in [6.45, 7) is 10.1. The lowest BCUT2D eigenvalue weighted by Gasteiger charge is -2.31. The average molecular weight is 437 g/mol. The molecule has 7 nitrogen and oxygen atoms in total.